The molecule has 120 valence electrons. The van der Waals surface area contributed by atoms with Crippen molar-refractivity contribution in [3.63, 3.8) is 0 Å². The van der Waals surface area contributed by atoms with Crippen LogP contribution >= 0.6 is 34.5 Å². The summed E-state index contributed by atoms with van der Waals surface area (Å²) in [6, 6.07) is 7.44. The number of thiophene rings is 1. The van der Waals surface area contributed by atoms with Crippen molar-refractivity contribution in [2.24, 2.45) is 0 Å². The molecule has 2 aromatic heterocycles. The van der Waals surface area contributed by atoms with E-state index < -0.39 is 0 Å². The number of carbonyl (C=O) groups excluding carboxylic acids is 1. The highest BCUT2D eigenvalue weighted by molar-refractivity contribution is 7.21. The summed E-state index contributed by atoms with van der Waals surface area (Å²) < 4.78 is 2.79. The van der Waals surface area contributed by atoms with Crippen LogP contribution in [-0.2, 0) is 6.54 Å². The predicted molar refractivity (Wildman–Crippen MR) is 95.9 cm³/mol. The largest absolute Gasteiger partial charge is 0.349 e. The summed E-state index contributed by atoms with van der Waals surface area (Å²) in [5, 5.41) is 9.22. The Hall–Kier alpha value is -1.56. The van der Waals surface area contributed by atoms with E-state index >= 15 is 0 Å². The minimum atomic E-state index is -0.172. The fourth-order valence-electron chi connectivity index (χ4n) is 2.44. The number of hydrogen-bond acceptors (Lipinski definition) is 3. The molecule has 1 aromatic carbocycles. The number of aromatic nitrogens is 2. The molecule has 7 heteroatoms. The van der Waals surface area contributed by atoms with Gasteiger partial charge in [0.25, 0.3) is 5.91 Å². The van der Waals surface area contributed by atoms with Crippen molar-refractivity contribution >= 4 is 50.5 Å². The second-order valence-electron chi connectivity index (χ2n) is 5.29. The van der Waals surface area contributed by atoms with E-state index in [1.165, 1.54) is 11.3 Å². The second-order valence-corrected chi connectivity index (χ2v) is 7.16. The van der Waals surface area contributed by atoms with Gasteiger partial charge in [-0.3, -0.25) is 9.48 Å². The standard InChI is InChI=1S/C16H15Cl2N3OS/c1-9-7-10(2)21(20-9)6-5-19-16(22)15-14(18)12-4-3-11(17)8-13(12)23-15/h3-4,7-8H,5-6H2,1-2H3,(H,19,22). The van der Waals surface area contributed by atoms with Gasteiger partial charge < -0.3 is 5.32 Å². The lowest BCUT2D eigenvalue weighted by molar-refractivity contribution is 0.0956. The summed E-state index contributed by atoms with van der Waals surface area (Å²) in [6.45, 7) is 5.06. The summed E-state index contributed by atoms with van der Waals surface area (Å²) >= 11 is 13.6. The van der Waals surface area contributed by atoms with E-state index in [4.69, 9.17) is 23.2 Å². The van der Waals surface area contributed by atoms with Gasteiger partial charge in [-0.2, -0.15) is 5.10 Å². The first-order valence-corrected chi connectivity index (χ1v) is 8.70. The van der Waals surface area contributed by atoms with Crippen molar-refractivity contribution in [3.8, 4) is 0 Å². The van der Waals surface area contributed by atoms with Gasteiger partial charge in [0.15, 0.2) is 0 Å². The monoisotopic (exact) mass is 367 g/mol. The molecular weight excluding hydrogens is 353 g/mol. The third kappa shape index (κ3) is 3.37. The summed E-state index contributed by atoms with van der Waals surface area (Å²) in [6.07, 6.45) is 0. The molecule has 0 aliphatic carbocycles. The molecule has 0 radical (unpaired) electrons. The first kappa shape index (κ1) is 16.3. The Morgan fingerprint density at radius 1 is 1.30 bits per heavy atom. The molecule has 4 nitrogen and oxygen atoms in total. The average Bonchev–Trinajstić information content (AvgIpc) is 2.98. The fraction of sp³-hybridized carbons (Fsp3) is 0.250. The maximum absolute atomic E-state index is 12.4. The predicted octanol–water partition coefficient (Wildman–Crippen LogP) is 4.45. The Labute approximate surface area is 148 Å². The van der Waals surface area contributed by atoms with E-state index in [-0.39, 0.29) is 5.91 Å². The maximum Gasteiger partial charge on any atom is 0.262 e. The van der Waals surface area contributed by atoms with Gasteiger partial charge in [0.05, 0.1) is 17.3 Å². The molecule has 23 heavy (non-hydrogen) atoms. The van der Waals surface area contributed by atoms with E-state index in [9.17, 15) is 4.79 Å². The second kappa shape index (κ2) is 6.51. The Morgan fingerprint density at radius 2 is 2.09 bits per heavy atom. The van der Waals surface area contributed by atoms with Gasteiger partial charge in [0.2, 0.25) is 0 Å². The number of benzene rings is 1. The Bertz CT molecular complexity index is 885. The normalized spacial score (nSPS) is 11.1. The number of nitrogens with zero attached hydrogens (tertiary/aromatic N) is 2. The van der Waals surface area contributed by atoms with Crippen LogP contribution in [0.2, 0.25) is 10.0 Å². The quantitative estimate of drug-likeness (QED) is 0.740. The zero-order valence-electron chi connectivity index (χ0n) is 12.7. The highest BCUT2D eigenvalue weighted by Gasteiger charge is 2.17. The van der Waals surface area contributed by atoms with Crippen LogP contribution in [0.5, 0.6) is 0 Å². The van der Waals surface area contributed by atoms with Crippen molar-refractivity contribution < 1.29 is 4.79 Å². The lowest BCUT2D eigenvalue weighted by Gasteiger charge is -2.06. The number of amides is 1. The van der Waals surface area contributed by atoms with Crippen molar-refractivity contribution in [2.45, 2.75) is 20.4 Å². The van der Waals surface area contributed by atoms with E-state index in [1.807, 2.05) is 36.7 Å². The van der Waals surface area contributed by atoms with Gasteiger partial charge in [-0.1, -0.05) is 29.3 Å². The zero-order chi connectivity index (χ0) is 16.6. The number of rotatable bonds is 4. The SMILES string of the molecule is Cc1cc(C)n(CCNC(=O)c2sc3cc(Cl)ccc3c2Cl)n1. The Balaban J connectivity index is 1.71. The number of fused-ring (bicyclic) bond motifs is 1. The van der Waals surface area contributed by atoms with E-state index in [1.54, 1.807) is 6.07 Å². The lowest BCUT2D eigenvalue weighted by Crippen LogP contribution is -2.27. The third-order valence-electron chi connectivity index (χ3n) is 3.51. The van der Waals surface area contributed by atoms with Gasteiger partial charge in [-0.05, 0) is 32.0 Å². The molecule has 0 spiro atoms. The Morgan fingerprint density at radius 3 is 2.78 bits per heavy atom. The average molecular weight is 368 g/mol. The van der Waals surface area contributed by atoms with Crippen LogP contribution < -0.4 is 5.32 Å². The number of halogens is 2. The highest BCUT2D eigenvalue weighted by atomic mass is 35.5. The lowest BCUT2D eigenvalue weighted by atomic mass is 10.2. The molecule has 2 heterocycles. The molecule has 1 N–H and O–H groups in total. The molecule has 0 unspecified atom stereocenters. The summed E-state index contributed by atoms with van der Waals surface area (Å²) in [5.74, 6) is -0.172. The molecule has 0 saturated heterocycles. The van der Waals surface area contributed by atoms with Crippen molar-refractivity contribution in [1.82, 2.24) is 15.1 Å². The summed E-state index contributed by atoms with van der Waals surface area (Å²) in [4.78, 5) is 12.9. The molecule has 0 atom stereocenters. The van der Waals surface area contributed by atoms with E-state index in [2.05, 4.69) is 10.4 Å². The van der Waals surface area contributed by atoms with Crippen LogP contribution in [0, 0.1) is 13.8 Å². The Kier molecular flexibility index (Phi) is 4.62. The van der Waals surface area contributed by atoms with Crippen molar-refractivity contribution in [3.05, 3.63) is 50.6 Å². The van der Waals surface area contributed by atoms with Crippen LogP contribution in [0.3, 0.4) is 0 Å². The van der Waals surface area contributed by atoms with Crippen LogP contribution in [0.15, 0.2) is 24.3 Å². The van der Waals surface area contributed by atoms with Crippen LogP contribution in [0.1, 0.15) is 21.1 Å². The zero-order valence-corrected chi connectivity index (χ0v) is 15.0. The molecule has 3 rings (SSSR count). The van der Waals surface area contributed by atoms with Gasteiger partial charge in [0, 0.05) is 27.3 Å². The molecule has 0 saturated carbocycles. The smallest absolute Gasteiger partial charge is 0.262 e. The van der Waals surface area contributed by atoms with Crippen LogP contribution in [0.25, 0.3) is 10.1 Å². The molecule has 0 aliphatic rings. The van der Waals surface area contributed by atoms with Crippen molar-refractivity contribution in [1.29, 1.82) is 0 Å². The number of aryl methyl sites for hydroxylation is 2. The molecule has 3 aromatic rings. The number of nitrogens with one attached hydrogen (secondary N) is 1. The van der Waals surface area contributed by atoms with Crippen LogP contribution in [0.4, 0.5) is 0 Å². The third-order valence-corrected chi connectivity index (χ3v) is 5.40. The first-order valence-electron chi connectivity index (χ1n) is 7.12. The topological polar surface area (TPSA) is 46.9 Å². The number of hydrogen-bond donors (Lipinski definition) is 1. The van der Waals surface area contributed by atoms with Gasteiger partial charge in [0.1, 0.15) is 4.88 Å². The highest BCUT2D eigenvalue weighted by Crippen LogP contribution is 2.36. The minimum absolute atomic E-state index is 0.172. The molecular formula is C16H15Cl2N3OS. The first-order chi connectivity index (χ1) is 11.0. The summed E-state index contributed by atoms with van der Waals surface area (Å²) in [7, 11) is 0. The van der Waals surface area contributed by atoms with Crippen molar-refractivity contribution in [2.75, 3.05) is 6.54 Å². The van der Waals surface area contributed by atoms with Gasteiger partial charge >= 0.3 is 0 Å². The maximum atomic E-state index is 12.4. The molecule has 0 bridgehead atoms. The number of carbonyl (C=O) groups is 1. The minimum Gasteiger partial charge on any atom is -0.349 e. The molecule has 1 amide bonds. The molecule has 0 fully saturated rings. The van der Waals surface area contributed by atoms with Crippen LogP contribution in [-0.4, -0.2) is 22.2 Å². The van der Waals surface area contributed by atoms with Gasteiger partial charge in [-0.25, -0.2) is 0 Å². The molecule has 0 aliphatic heterocycles. The summed E-state index contributed by atoms with van der Waals surface area (Å²) in [5.41, 5.74) is 2.05. The van der Waals surface area contributed by atoms with E-state index in [0.29, 0.717) is 28.0 Å². The van der Waals surface area contributed by atoms with Gasteiger partial charge in [-0.15, -0.1) is 11.3 Å². The fourth-order valence-corrected chi connectivity index (χ4v) is 4.15. The van der Waals surface area contributed by atoms with E-state index in [0.717, 1.165) is 21.5 Å².